The van der Waals surface area contributed by atoms with Crippen molar-refractivity contribution >= 4 is 21.7 Å². The van der Waals surface area contributed by atoms with E-state index in [0.29, 0.717) is 19.1 Å². The Morgan fingerprint density at radius 2 is 1.62 bits per heavy atom. The molecule has 29 heavy (non-hydrogen) atoms. The van der Waals surface area contributed by atoms with Gasteiger partial charge in [0.05, 0.1) is 5.25 Å². The number of likely N-dealkylation sites (tertiary alicyclic amines) is 2. The average Bonchev–Trinajstić information content (AvgIpc) is 3.19. The van der Waals surface area contributed by atoms with Crippen LogP contribution in [0.15, 0.2) is 6.07 Å². The number of amides is 2. The Labute approximate surface area is 215 Å². The third-order valence-corrected chi connectivity index (χ3v) is 8.33. The number of aryl methyl sites for hydroxylation is 2. The molecule has 7 nitrogen and oxygen atoms in total. The summed E-state index contributed by atoms with van der Waals surface area (Å²) in [7, 11) is -1.72. The second-order valence-corrected chi connectivity index (χ2v) is 10.6. The maximum absolute atomic E-state index is 12.6. The molecule has 1 aromatic carbocycles. The molecular formula is C20H27KN4O3S. The molecule has 2 aliphatic carbocycles. The smallest absolute Gasteiger partial charge is 0.423 e. The Kier molecular flexibility index (Phi) is 6.51. The fourth-order valence-corrected chi connectivity index (χ4v) is 6.33. The van der Waals surface area contributed by atoms with Crippen LogP contribution in [0, 0.1) is 0 Å². The fourth-order valence-electron chi connectivity index (χ4n) is 5.14. The predicted octanol–water partition coefficient (Wildman–Crippen LogP) is -1.10. The van der Waals surface area contributed by atoms with Gasteiger partial charge in [0.2, 0.25) is 0 Å². The molecule has 2 heterocycles. The molecule has 0 bridgehead atoms. The summed E-state index contributed by atoms with van der Waals surface area (Å²) in [5, 5.41) is 2.30. The largest absolute Gasteiger partial charge is 1.00 e. The van der Waals surface area contributed by atoms with Gasteiger partial charge in [-0.3, -0.25) is 9.69 Å². The Balaban J connectivity index is 0.00000205. The van der Waals surface area contributed by atoms with E-state index in [1.165, 1.54) is 22.3 Å². The number of nitrogens with zero attached hydrogens (tertiary/aromatic N) is 3. The van der Waals surface area contributed by atoms with Crippen molar-refractivity contribution in [2.45, 2.75) is 49.8 Å². The molecule has 1 N–H and O–H groups in total. The summed E-state index contributed by atoms with van der Waals surface area (Å²) in [4.78, 5) is 16.9. The van der Waals surface area contributed by atoms with Crippen molar-refractivity contribution in [3.05, 3.63) is 33.0 Å². The van der Waals surface area contributed by atoms with Crippen LogP contribution in [0.1, 0.15) is 35.1 Å². The molecule has 1 aromatic rings. The SMILES string of the molecule is CN1CC(N2CC(S(=O)(=O)[N-]C(=O)Nc3c4c(cc5c3CCC5)CCC4)C2)C1.[K+]. The van der Waals surface area contributed by atoms with Crippen molar-refractivity contribution in [3.8, 4) is 0 Å². The van der Waals surface area contributed by atoms with Crippen LogP contribution in [0.4, 0.5) is 10.5 Å². The summed E-state index contributed by atoms with van der Waals surface area (Å²) in [5.41, 5.74) is 5.83. The van der Waals surface area contributed by atoms with Gasteiger partial charge in [-0.2, -0.15) is 0 Å². The van der Waals surface area contributed by atoms with Crippen LogP contribution in [-0.2, 0) is 35.7 Å². The maximum Gasteiger partial charge on any atom is 1.00 e. The van der Waals surface area contributed by atoms with E-state index in [1.54, 1.807) is 0 Å². The number of hydrogen-bond acceptors (Lipinski definition) is 5. The number of rotatable bonds is 4. The number of nitrogens with one attached hydrogen (secondary N) is 1. The van der Waals surface area contributed by atoms with E-state index in [2.05, 4.69) is 33.0 Å². The number of urea groups is 1. The topological polar surface area (TPSA) is 83.8 Å². The van der Waals surface area contributed by atoms with Crippen LogP contribution < -0.4 is 56.7 Å². The first-order valence-electron chi connectivity index (χ1n) is 10.3. The molecule has 2 amide bonds. The quantitative estimate of drug-likeness (QED) is 0.599. The van der Waals surface area contributed by atoms with Crippen LogP contribution in [0.5, 0.6) is 0 Å². The minimum atomic E-state index is -3.78. The second-order valence-electron chi connectivity index (χ2n) is 8.72. The molecule has 2 saturated heterocycles. The molecule has 0 aromatic heterocycles. The molecular weight excluding hydrogens is 415 g/mol. The van der Waals surface area contributed by atoms with Crippen LogP contribution in [0.25, 0.3) is 4.72 Å². The van der Waals surface area contributed by atoms with Gasteiger partial charge in [-0.15, -0.1) is 0 Å². The number of anilines is 1. The van der Waals surface area contributed by atoms with E-state index >= 15 is 0 Å². The number of carbonyl (C=O) groups excluding carboxylic acids is 1. The van der Waals surface area contributed by atoms with Gasteiger partial charge < -0.3 is 14.9 Å². The average molecular weight is 443 g/mol. The summed E-state index contributed by atoms with van der Waals surface area (Å²) in [6.07, 6.45) is 6.14. The van der Waals surface area contributed by atoms with E-state index in [-0.39, 0.29) is 51.4 Å². The number of fused-ring (bicyclic) bond motifs is 2. The van der Waals surface area contributed by atoms with E-state index in [4.69, 9.17) is 0 Å². The molecule has 0 atom stereocenters. The summed E-state index contributed by atoms with van der Waals surface area (Å²) in [6, 6.07) is 1.99. The molecule has 0 spiro atoms. The summed E-state index contributed by atoms with van der Waals surface area (Å²) >= 11 is 0. The molecule has 0 radical (unpaired) electrons. The third-order valence-electron chi connectivity index (χ3n) is 6.77. The normalized spacial score (nSPS) is 22.2. The number of likely N-dealkylation sites (N-methyl/N-ethyl adjacent to an activating group) is 1. The Morgan fingerprint density at radius 3 is 2.17 bits per heavy atom. The van der Waals surface area contributed by atoms with Crippen LogP contribution in [0.2, 0.25) is 0 Å². The maximum atomic E-state index is 12.6. The summed E-state index contributed by atoms with van der Waals surface area (Å²) in [5.74, 6) is 0. The molecule has 9 heteroatoms. The zero-order valence-corrected chi connectivity index (χ0v) is 21.2. The first-order chi connectivity index (χ1) is 13.4. The van der Waals surface area contributed by atoms with Crippen molar-refractivity contribution in [2.24, 2.45) is 0 Å². The minimum absolute atomic E-state index is 0. The Morgan fingerprint density at radius 1 is 1.03 bits per heavy atom. The summed E-state index contributed by atoms with van der Waals surface area (Å²) < 4.78 is 28.7. The first-order valence-corrected chi connectivity index (χ1v) is 11.8. The van der Waals surface area contributed by atoms with E-state index in [1.807, 2.05) is 0 Å². The van der Waals surface area contributed by atoms with Crippen LogP contribution >= 0.6 is 0 Å². The van der Waals surface area contributed by atoms with Crippen molar-refractivity contribution in [1.29, 1.82) is 0 Å². The van der Waals surface area contributed by atoms with Crippen LogP contribution in [0.3, 0.4) is 0 Å². The van der Waals surface area contributed by atoms with Crippen molar-refractivity contribution < 1.29 is 64.6 Å². The van der Waals surface area contributed by atoms with E-state index in [9.17, 15) is 13.2 Å². The molecule has 2 aliphatic heterocycles. The number of hydrogen-bond donors (Lipinski definition) is 1. The first kappa shape index (κ1) is 22.2. The number of carbonyl (C=O) groups is 1. The molecule has 0 saturated carbocycles. The van der Waals surface area contributed by atoms with Gasteiger partial charge >= 0.3 is 51.4 Å². The standard InChI is InChI=1S/C20H28N4O3S.K/c1-23-9-15(10-23)24-11-16(12-24)28(26,27)22-20(25)21-19-17-6-2-4-13(17)8-14-5-3-7-18(14)19;/h8,15-16H,2-7,9-12H2,1H3,(H2,21,22,25);/q;+1/p-1. The summed E-state index contributed by atoms with van der Waals surface area (Å²) in [6.45, 7) is 2.92. The van der Waals surface area contributed by atoms with Gasteiger partial charge in [-0.05, 0) is 73.5 Å². The van der Waals surface area contributed by atoms with Gasteiger partial charge in [-0.25, -0.2) is 8.42 Å². The van der Waals surface area contributed by atoms with E-state index < -0.39 is 21.3 Å². The van der Waals surface area contributed by atoms with Crippen LogP contribution in [-0.4, -0.2) is 68.8 Å². The van der Waals surface area contributed by atoms with E-state index in [0.717, 1.165) is 57.3 Å². The molecule has 152 valence electrons. The van der Waals surface area contributed by atoms with Crippen molar-refractivity contribution in [3.63, 3.8) is 0 Å². The van der Waals surface area contributed by atoms with Gasteiger partial charge in [0.25, 0.3) is 0 Å². The van der Waals surface area contributed by atoms with Crippen molar-refractivity contribution in [2.75, 3.05) is 38.5 Å². The van der Waals surface area contributed by atoms with Crippen molar-refractivity contribution in [1.82, 2.24) is 9.80 Å². The molecule has 5 rings (SSSR count). The second kappa shape index (κ2) is 8.50. The number of benzene rings is 1. The number of sulfonamides is 1. The molecule has 4 aliphatic rings. The van der Waals surface area contributed by atoms with Gasteiger partial charge in [0, 0.05) is 32.2 Å². The Bertz CT molecular complexity index is 892. The monoisotopic (exact) mass is 442 g/mol. The fraction of sp³-hybridized carbons (Fsp3) is 0.650. The van der Waals surface area contributed by atoms with Gasteiger partial charge in [-0.1, -0.05) is 6.07 Å². The zero-order chi connectivity index (χ0) is 19.5. The Hall–Kier alpha value is -0.00364. The predicted molar refractivity (Wildman–Crippen MR) is 108 cm³/mol. The molecule has 0 unspecified atom stereocenters. The van der Waals surface area contributed by atoms with Gasteiger partial charge in [0.1, 0.15) is 0 Å². The zero-order valence-electron chi connectivity index (χ0n) is 17.3. The third kappa shape index (κ3) is 4.22. The molecule has 2 fully saturated rings. The van der Waals surface area contributed by atoms with Gasteiger partial charge in [0.15, 0.2) is 16.1 Å². The minimum Gasteiger partial charge on any atom is -0.423 e.